The summed E-state index contributed by atoms with van der Waals surface area (Å²) in [6.45, 7) is 0.308. The van der Waals surface area contributed by atoms with Gasteiger partial charge in [-0.3, -0.25) is 9.59 Å². The van der Waals surface area contributed by atoms with E-state index in [1.807, 2.05) is 24.3 Å². The molecule has 0 bridgehead atoms. The maximum atomic E-state index is 13.2. The number of hydrogen-bond acceptors (Lipinski definition) is 3. The summed E-state index contributed by atoms with van der Waals surface area (Å²) in [7, 11) is 0. The normalized spacial score (nSPS) is 12.1. The van der Waals surface area contributed by atoms with Crippen LogP contribution < -0.4 is 20.9 Å². The van der Waals surface area contributed by atoms with E-state index in [0.29, 0.717) is 23.5 Å². The van der Waals surface area contributed by atoms with Gasteiger partial charge in [-0.25, -0.2) is 9.18 Å². The van der Waals surface area contributed by atoms with Crippen molar-refractivity contribution in [2.24, 2.45) is 0 Å². The lowest BCUT2D eigenvalue weighted by atomic mass is 10.1. The third-order valence-corrected chi connectivity index (χ3v) is 5.02. The number of halogens is 1. The van der Waals surface area contributed by atoms with Gasteiger partial charge >= 0.3 is 6.03 Å². The van der Waals surface area contributed by atoms with E-state index in [1.54, 1.807) is 35.2 Å². The Balaban J connectivity index is 1.33. The Morgan fingerprint density at radius 2 is 1.62 bits per heavy atom. The summed E-state index contributed by atoms with van der Waals surface area (Å²) in [5, 5.41) is 7.54. The zero-order valence-electron chi connectivity index (χ0n) is 17.1. The summed E-state index contributed by atoms with van der Waals surface area (Å²) >= 11 is 0. The summed E-state index contributed by atoms with van der Waals surface area (Å²) in [5.41, 5.74) is 3.20. The van der Waals surface area contributed by atoms with Crippen LogP contribution in [-0.2, 0) is 11.2 Å². The molecule has 0 atom stereocenters. The summed E-state index contributed by atoms with van der Waals surface area (Å²) in [5.74, 6) is -1.11. The molecule has 3 aromatic rings. The molecule has 7 nitrogen and oxygen atoms in total. The first-order valence-corrected chi connectivity index (χ1v) is 10.1. The van der Waals surface area contributed by atoms with E-state index in [1.165, 1.54) is 18.2 Å². The Kier molecular flexibility index (Phi) is 6.12. The molecule has 1 heterocycles. The zero-order valence-corrected chi connectivity index (χ0v) is 17.1. The molecule has 0 radical (unpaired) electrons. The minimum Gasteiger partial charge on any atom is -0.329 e. The van der Waals surface area contributed by atoms with Crippen molar-refractivity contribution in [3.05, 3.63) is 89.7 Å². The molecule has 0 saturated heterocycles. The summed E-state index contributed by atoms with van der Waals surface area (Å²) in [6, 6.07) is 19.3. The van der Waals surface area contributed by atoms with E-state index < -0.39 is 17.8 Å². The van der Waals surface area contributed by atoms with Crippen molar-refractivity contribution in [2.45, 2.75) is 6.42 Å². The zero-order chi connectivity index (χ0) is 22.5. The molecule has 0 fully saturated rings. The maximum Gasteiger partial charge on any atom is 0.319 e. The summed E-state index contributed by atoms with van der Waals surface area (Å²) < 4.78 is 13.2. The van der Waals surface area contributed by atoms with Crippen LogP contribution >= 0.6 is 0 Å². The van der Waals surface area contributed by atoms with Crippen LogP contribution in [-0.4, -0.2) is 30.9 Å². The molecule has 3 N–H and O–H groups in total. The van der Waals surface area contributed by atoms with E-state index in [-0.39, 0.29) is 12.5 Å². The molecule has 1 aliphatic rings. The first-order chi connectivity index (χ1) is 15.5. The molecule has 4 amide bonds. The van der Waals surface area contributed by atoms with Gasteiger partial charge in [-0.05, 0) is 54.4 Å². The van der Waals surface area contributed by atoms with Crippen LogP contribution in [0.2, 0.25) is 0 Å². The number of carbonyl (C=O) groups is 3. The highest BCUT2D eigenvalue weighted by Crippen LogP contribution is 2.29. The molecule has 32 heavy (non-hydrogen) atoms. The first-order valence-electron chi connectivity index (χ1n) is 10.1. The third kappa shape index (κ3) is 4.92. The second kappa shape index (κ2) is 9.30. The minimum atomic E-state index is -0.601. The van der Waals surface area contributed by atoms with Gasteiger partial charge in [-0.1, -0.05) is 30.3 Å². The Bertz CT molecular complexity index is 1180. The molecule has 0 unspecified atom stereocenters. The van der Waals surface area contributed by atoms with E-state index in [2.05, 4.69) is 16.0 Å². The molecule has 1 aliphatic heterocycles. The number of benzene rings is 3. The highest BCUT2D eigenvalue weighted by Gasteiger charge is 2.25. The van der Waals surface area contributed by atoms with E-state index >= 15 is 0 Å². The van der Waals surface area contributed by atoms with Gasteiger partial charge in [0.2, 0.25) is 5.91 Å². The number of nitrogens with one attached hydrogen (secondary N) is 3. The lowest BCUT2D eigenvalue weighted by Crippen LogP contribution is -2.35. The number of para-hydroxylation sites is 1. The van der Waals surface area contributed by atoms with Crippen molar-refractivity contribution in [2.75, 3.05) is 28.6 Å². The molecular formula is C24H21FN4O3. The number of anilines is 3. The number of amides is 4. The molecule has 8 heteroatoms. The van der Waals surface area contributed by atoms with Crippen molar-refractivity contribution >= 4 is 34.9 Å². The van der Waals surface area contributed by atoms with Crippen LogP contribution in [0.3, 0.4) is 0 Å². The summed E-state index contributed by atoms with van der Waals surface area (Å²) in [6.07, 6.45) is 0.806. The van der Waals surface area contributed by atoms with Crippen LogP contribution in [0.1, 0.15) is 15.9 Å². The Hall–Kier alpha value is -4.20. The quantitative estimate of drug-likeness (QED) is 0.573. The van der Waals surface area contributed by atoms with Crippen LogP contribution in [0.5, 0.6) is 0 Å². The number of fused-ring (bicyclic) bond motifs is 1. The molecule has 0 aliphatic carbocycles. The second-order valence-electron chi connectivity index (χ2n) is 7.28. The van der Waals surface area contributed by atoms with Crippen molar-refractivity contribution in [3.8, 4) is 0 Å². The Morgan fingerprint density at radius 1 is 0.875 bits per heavy atom. The predicted molar refractivity (Wildman–Crippen MR) is 120 cm³/mol. The van der Waals surface area contributed by atoms with Gasteiger partial charge in [0, 0.05) is 29.2 Å². The average molecular weight is 432 g/mol. The van der Waals surface area contributed by atoms with Gasteiger partial charge in [0.05, 0.1) is 6.54 Å². The fraction of sp³-hybridized carbons (Fsp3) is 0.125. The van der Waals surface area contributed by atoms with Gasteiger partial charge in [0.15, 0.2) is 0 Å². The fourth-order valence-corrected chi connectivity index (χ4v) is 3.54. The molecular weight excluding hydrogens is 411 g/mol. The number of nitrogens with zero attached hydrogens (tertiary/aromatic N) is 1. The molecule has 0 saturated carbocycles. The van der Waals surface area contributed by atoms with Gasteiger partial charge < -0.3 is 20.9 Å². The number of rotatable bonds is 5. The van der Waals surface area contributed by atoms with Crippen LogP contribution in [0.25, 0.3) is 0 Å². The first kappa shape index (κ1) is 21.0. The monoisotopic (exact) mass is 432 g/mol. The van der Waals surface area contributed by atoms with Crippen LogP contribution in [0.15, 0.2) is 72.8 Å². The average Bonchev–Trinajstić information content (AvgIpc) is 3.22. The molecule has 162 valence electrons. The third-order valence-electron chi connectivity index (χ3n) is 5.02. The highest BCUT2D eigenvalue weighted by molar-refractivity contribution is 6.08. The predicted octanol–water partition coefficient (Wildman–Crippen LogP) is 3.79. The van der Waals surface area contributed by atoms with Crippen molar-refractivity contribution in [3.63, 3.8) is 0 Å². The lowest BCUT2D eigenvalue weighted by Gasteiger charge is -2.18. The van der Waals surface area contributed by atoms with Gasteiger partial charge in [-0.15, -0.1) is 0 Å². The topological polar surface area (TPSA) is 90.5 Å². The van der Waals surface area contributed by atoms with Crippen molar-refractivity contribution in [1.29, 1.82) is 0 Å². The lowest BCUT2D eigenvalue weighted by molar-refractivity contribution is -0.115. The minimum absolute atomic E-state index is 0.145. The fourth-order valence-electron chi connectivity index (χ4n) is 3.54. The Morgan fingerprint density at radius 3 is 2.44 bits per heavy atom. The van der Waals surface area contributed by atoms with E-state index in [9.17, 15) is 18.8 Å². The van der Waals surface area contributed by atoms with Gasteiger partial charge in [0.1, 0.15) is 5.82 Å². The SMILES string of the molecule is O=C(CNC(=O)Nc1cccc(C(=O)N2CCc3ccccc32)c1)Nc1cccc(F)c1. The number of urea groups is 1. The molecule has 4 rings (SSSR count). The number of carbonyl (C=O) groups excluding carboxylic acids is 3. The maximum absolute atomic E-state index is 13.2. The molecule has 0 aromatic heterocycles. The van der Waals surface area contributed by atoms with Crippen LogP contribution in [0, 0.1) is 5.82 Å². The van der Waals surface area contributed by atoms with E-state index in [0.717, 1.165) is 17.7 Å². The molecule has 0 spiro atoms. The summed E-state index contributed by atoms with van der Waals surface area (Å²) in [4.78, 5) is 38.8. The number of hydrogen-bond donors (Lipinski definition) is 3. The smallest absolute Gasteiger partial charge is 0.319 e. The molecule has 3 aromatic carbocycles. The largest absolute Gasteiger partial charge is 0.329 e. The standard InChI is InChI=1S/C24H21FN4O3/c25-18-7-4-9-20(14-18)27-22(30)15-26-24(32)28-19-8-3-6-17(13-19)23(31)29-12-11-16-5-1-2-10-21(16)29/h1-10,13-14H,11-12,15H2,(H,27,30)(H2,26,28,32). The van der Waals surface area contributed by atoms with Crippen LogP contribution in [0.4, 0.5) is 26.2 Å². The van der Waals surface area contributed by atoms with Gasteiger partial charge in [-0.2, -0.15) is 0 Å². The van der Waals surface area contributed by atoms with E-state index in [4.69, 9.17) is 0 Å². The highest BCUT2D eigenvalue weighted by atomic mass is 19.1. The Labute approximate surface area is 184 Å². The second-order valence-corrected chi connectivity index (χ2v) is 7.28. The van der Waals surface area contributed by atoms with Gasteiger partial charge in [0.25, 0.3) is 5.91 Å². The van der Waals surface area contributed by atoms with Crippen molar-refractivity contribution in [1.82, 2.24) is 5.32 Å². The van der Waals surface area contributed by atoms with Crippen molar-refractivity contribution < 1.29 is 18.8 Å².